The van der Waals surface area contributed by atoms with Crippen LogP contribution in [0.5, 0.6) is 0 Å². The number of hydrogen-bond acceptors (Lipinski definition) is 6. The Balaban J connectivity index is 1.65. The van der Waals surface area contributed by atoms with E-state index >= 15 is 0 Å². The Labute approximate surface area is 156 Å². The third-order valence-corrected chi connectivity index (χ3v) is 6.73. The minimum absolute atomic E-state index is 0.0220. The van der Waals surface area contributed by atoms with Crippen LogP contribution in [0.3, 0.4) is 0 Å². The van der Waals surface area contributed by atoms with Gasteiger partial charge in [0.1, 0.15) is 0 Å². The van der Waals surface area contributed by atoms with Gasteiger partial charge in [0.2, 0.25) is 5.91 Å². The zero-order chi connectivity index (χ0) is 18.6. The molecule has 138 valence electrons. The van der Waals surface area contributed by atoms with E-state index in [0.29, 0.717) is 18.1 Å². The van der Waals surface area contributed by atoms with E-state index in [-0.39, 0.29) is 29.2 Å². The molecule has 1 fully saturated rings. The molecular formula is C17H20N4O3S2. The molecule has 26 heavy (non-hydrogen) atoms. The molecule has 1 aliphatic heterocycles. The van der Waals surface area contributed by atoms with Crippen molar-refractivity contribution in [2.24, 2.45) is 0 Å². The number of sulfone groups is 1. The number of carbonyl (C=O) groups excluding carboxylic acids is 1. The zero-order valence-corrected chi connectivity index (χ0v) is 15.8. The second kappa shape index (κ2) is 8.05. The number of rotatable bonds is 7. The van der Waals surface area contributed by atoms with Crippen LogP contribution in [0.25, 0.3) is 11.4 Å². The first-order valence-corrected chi connectivity index (χ1v) is 11.0. The standard InChI is InChI=1S/C17H20N4O3S2/c1-2-9-21-16(13-6-4-3-5-7-13)19-20-17(21)25-11-15(22)18-14-8-10-26(23,24)12-14/h2-7,14H,1,8-12H2,(H,18,22)/t14-/m0/s1. The van der Waals surface area contributed by atoms with Gasteiger partial charge >= 0.3 is 0 Å². The molecule has 0 bridgehead atoms. The third kappa shape index (κ3) is 4.53. The van der Waals surface area contributed by atoms with Crippen molar-refractivity contribution in [3.05, 3.63) is 43.0 Å². The average Bonchev–Trinajstić information content (AvgIpc) is 3.17. The number of nitrogens with one attached hydrogen (secondary N) is 1. The largest absolute Gasteiger partial charge is 0.352 e. The van der Waals surface area contributed by atoms with Crippen LogP contribution in [0.2, 0.25) is 0 Å². The van der Waals surface area contributed by atoms with Gasteiger partial charge in [-0.05, 0) is 6.42 Å². The molecule has 0 aliphatic carbocycles. The molecule has 7 nitrogen and oxygen atoms in total. The van der Waals surface area contributed by atoms with Gasteiger partial charge in [-0.3, -0.25) is 9.36 Å². The molecule has 1 aromatic carbocycles. The maximum Gasteiger partial charge on any atom is 0.230 e. The first kappa shape index (κ1) is 18.7. The quantitative estimate of drug-likeness (QED) is 0.567. The van der Waals surface area contributed by atoms with Gasteiger partial charge in [-0.1, -0.05) is 48.2 Å². The van der Waals surface area contributed by atoms with Crippen LogP contribution in [0.1, 0.15) is 6.42 Å². The predicted molar refractivity (Wildman–Crippen MR) is 102 cm³/mol. The SMILES string of the molecule is C=CCn1c(SCC(=O)N[C@H]2CCS(=O)(=O)C2)nnc1-c1ccccc1. The van der Waals surface area contributed by atoms with Crippen molar-refractivity contribution < 1.29 is 13.2 Å². The molecule has 3 rings (SSSR count). The number of hydrogen-bond donors (Lipinski definition) is 1. The maximum atomic E-state index is 12.1. The van der Waals surface area contributed by atoms with E-state index in [2.05, 4.69) is 22.1 Å². The summed E-state index contributed by atoms with van der Waals surface area (Å²) in [7, 11) is -3.01. The van der Waals surface area contributed by atoms with Crippen LogP contribution in [0, 0.1) is 0 Å². The van der Waals surface area contributed by atoms with Gasteiger partial charge in [-0.15, -0.1) is 16.8 Å². The number of allylic oxidation sites excluding steroid dienone is 1. The highest BCUT2D eigenvalue weighted by Crippen LogP contribution is 2.24. The molecule has 0 radical (unpaired) electrons. The van der Waals surface area contributed by atoms with E-state index in [1.54, 1.807) is 6.08 Å². The lowest BCUT2D eigenvalue weighted by Crippen LogP contribution is -2.36. The molecule has 1 aromatic heterocycles. The number of carbonyl (C=O) groups is 1. The molecule has 0 spiro atoms. The van der Waals surface area contributed by atoms with Crippen LogP contribution >= 0.6 is 11.8 Å². The maximum absolute atomic E-state index is 12.1. The Morgan fingerprint density at radius 3 is 2.77 bits per heavy atom. The third-order valence-electron chi connectivity index (χ3n) is 3.99. The second-order valence-electron chi connectivity index (χ2n) is 6.03. The molecule has 1 atom stereocenters. The lowest BCUT2D eigenvalue weighted by atomic mass is 10.2. The van der Waals surface area contributed by atoms with E-state index in [0.717, 1.165) is 11.4 Å². The van der Waals surface area contributed by atoms with Crippen LogP contribution in [-0.4, -0.2) is 52.4 Å². The van der Waals surface area contributed by atoms with Gasteiger partial charge in [-0.25, -0.2) is 8.42 Å². The monoisotopic (exact) mass is 392 g/mol. The Hall–Kier alpha value is -2.13. The molecule has 0 saturated carbocycles. The topological polar surface area (TPSA) is 94.0 Å². The highest BCUT2D eigenvalue weighted by Gasteiger charge is 2.29. The number of benzene rings is 1. The van der Waals surface area contributed by atoms with E-state index < -0.39 is 9.84 Å². The highest BCUT2D eigenvalue weighted by atomic mass is 32.2. The summed E-state index contributed by atoms with van der Waals surface area (Å²) in [6.07, 6.45) is 2.23. The van der Waals surface area contributed by atoms with Crippen LogP contribution in [-0.2, 0) is 21.2 Å². The molecular weight excluding hydrogens is 372 g/mol. The number of aromatic nitrogens is 3. The molecule has 2 heterocycles. The average molecular weight is 393 g/mol. The molecule has 1 N–H and O–H groups in total. The summed E-state index contributed by atoms with van der Waals surface area (Å²) in [4.78, 5) is 12.1. The predicted octanol–water partition coefficient (Wildman–Crippen LogP) is 1.53. The molecule has 0 unspecified atom stereocenters. The molecule has 1 saturated heterocycles. The van der Waals surface area contributed by atoms with E-state index in [1.807, 2.05) is 34.9 Å². The molecule has 9 heteroatoms. The van der Waals surface area contributed by atoms with E-state index in [4.69, 9.17) is 0 Å². The van der Waals surface area contributed by atoms with Gasteiger partial charge in [0.25, 0.3) is 0 Å². The van der Waals surface area contributed by atoms with Crippen molar-refractivity contribution in [2.75, 3.05) is 17.3 Å². The summed E-state index contributed by atoms with van der Waals surface area (Å²) in [5.74, 6) is 0.829. The second-order valence-corrected chi connectivity index (χ2v) is 9.20. The lowest BCUT2D eigenvalue weighted by Gasteiger charge is -2.11. The van der Waals surface area contributed by atoms with Gasteiger partial charge in [-0.2, -0.15) is 0 Å². The van der Waals surface area contributed by atoms with Crippen molar-refractivity contribution >= 4 is 27.5 Å². The van der Waals surface area contributed by atoms with Gasteiger partial charge in [0.05, 0.1) is 17.3 Å². The van der Waals surface area contributed by atoms with Gasteiger partial charge in [0, 0.05) is 18.2 Å². The highest BCUT2D eigenvalue weighted by molar-refractivity contribution is 7.99. The summed E-state index contributed by atoms with van der Waals surface area (Å²) < 4.78 is 24.8. The van der Waals surface area contributed by atoms with E-state index in [1.165, 1.54) is 11.8 Å². The molecule has 2 aromatic rings. The Morgan fingerprint density at radius 2 is 2.12 bits per heavy atom. The fraction of sp³-hybridized carbons (Fsp3) is 0.353. The Bertz CT molecular complexity index is 894. The van der Waals surface area contributed by atoms with Crippen molar-refractivity contribution in [1.29, 1.82) is 0 Å². The van der Waals surface area contributed by atoms with Crippen LogP contribution in [0.4, 0.5) is 0 Å². The normalized spacial score (nSPS) is 18.5. The fourth-order valence-electron chi connectivity index (χ4n) is 2.80. The summed E-state index contributed by atoms with van der Waals surface area (Å²) in [6, 6.07) is 9.40. The Morgan fingerprint density at radius 1 is 1.35 bits per heavy atom. The minimum Gasteiger partial charge on any atom is -0.352 e. The van der Waals surface area contributed by atoms with Crippen molar-refractivity contribution in [3.8, 4) is 11.4 Å². The number of nitrogens with zero attached hydrogens (tertiary/aromatic N) is 3. The Kier molecular flexibility index (Phi) is 5.77. The first-order chi connectivity index (χ1) is 12.5. The van der Waals surface area contributed by atoms with Crippen molar-refractivity contribution in [2.45, 2.75) is 24.2 Å². The van der Waals surface area contributed by atoms with Crippen LogP contribution in [0.15, 0.2) is 48.1 Å². The zero-order valence-electron chi connectivity index (χ0n) is 14.2. The molecule has 1 amide bonds. The van der Waals surface area contributed by atoms with Crippen molar-refractivity contribution in [3.63, 3.8) is 0 Å². The van der Waals surface area contributed by atoms with E-state index in [9.17, 15) is 13.2 Å². The summed E-state index contributed by atoms with van der Waals surface area (Å²) >= 11 is 1.27. The number of thioether (sulfide) groups is 1. The number of amides is 1. The van der Waals surface area contributed by atoms with Crippen molar-refractivity contribution in [1.82, 2.24) is 20.1 Å². The van der Waals surface area contributed by atoms with Gasteiger partial charge in [0.15, 0.2) is 20.8 Å². The van der Waals surface area contributed by atoms with Crippen LogP contribution < -0.4 is 5.32 Å². The molecule has 1 aliphatic rings. The smallest absolute Gasteiger partial charge is 0.230 e. The van der Waals surface area contributed by atoms with Gasteiger partial charge < -0.3 is 5.32 Å². The summed E-state index contributed by atoms with van der Waals surface area (Å²) in [5, 5.41) is 11.8. The minimum atomic E-state index is -3.01. The summed E-state index contributed by atoms with van der Waals surface area (Å²) in [5.41, 5.74) is 0.939. The fourth-order valence-corrected chi connectivity index (χ4v) is 5.23. The first-order valence-electron chi connectivity index (χ1n) is 8.20. The summed E-state index contributed by atoms with van der Waals surface area (Å²) in [6.45, 7) is 4.30. The lowest BCUT2D eigenvalue weighted by molar-refractivity contribution is -0.119.